The van der Waals surface area contributed by atoms with Crippen molar-refractivity contribution in [1.82, 2.24) is 0 Å². The Labute approximate surface area is 74.3 Å². The van der Waals surface area contributed by atoms with Gasteiger partial charge in [-0.3, -0.25) is 4.57 Å². The van der Waals surface area contributed by atoms with Crippen LogP contribution >= 0.6 is 7.60 Å². The summed E-state index contributed by atoms with van der Waals surface area (Å²) in [5.41, 5.74) is 0. The quantitative estimate of drug-likeness (QED) is 0.353. The summed E-state index contributed by atoms with van der Waals surface area (Å²) in [6.07, 6.45) is 3.50. The van der Waals surface area contributed by atoms with Crippen molar-refractivity contribution in [2.45, 2.75) is 19.8 Å². The van der Waals surface area contributed by atoms with Gasteiger partial charge in [-0.05, 0) is 6.42 Å². The molecule has 0 aliphatic heterocycles. The van der Waals surface area contributed by atoms with Gasteiger partial charge in [-0.2, -0.15) is 0 Å². The van der Waals surface area contributed by atoms with Gasteiger partial charge in [0.05, 0.1) is 13.2 Å². The molecule has 0 saturated carbocycles. The molecule has 0 fully saturated rings. The number of hydrogen-bond acceptors (Lipinski definition) is 3. The van der Waals surface area contributed by atoms with E-state index in [4.69, 9.17) is 9.05 Å². The minimum atomic E-state index is -2.81. The highest BCUT2D eigenvalue weighted by Gasteiger charge is 2.14. The smallest absolute Gasteiger partial charge is 0.309 e. The lowest BCUT2D eigenvalue weighted by atomic mass is 10.4. The Morgan fingerprint density at radius 1 is 1.50 bits per heavy atom. The first kappa shape index (κ1) is 11.9. The van der Waals surface area contributed by atoms with Crippen molar-refractivity contribution in [2.24, 2.45) is 0 Å². The minimum Gasteiger partial charge on any atom is -0.309 e. The van der Waals surface area contributed by atoms with Crippen molar-refractivity contribution < 1.29 is 13.6 Å². The van der Waals surface area contributed by atoms with Gasteiger partial charge in [-0.25, -0.2) is 0 Å². The fourth-order valence-corrected chi connectivity index (χ4v) is 1.51. The Balaban J connectivity index is 3.56. The average Bonchev–Trinajstić information content (AvgIpc) is 2.01. The van der Waals surface area contributed by atoms with Crippen LogP contribution in [-0.4, -0.2) is 19.9 Å². The zero-order valence-corrected chi connectivity index (χ0v) is 8.68. The summed E-state index contributed by atoms with van der Waals surface area (Å²) in [6, 6.07) is 0. The van der Waals surface area contributed by atoms with Gasteiger partial charge < -0.3 is 9.05 Å². The molecular formula is C8H17O3P. The second-order valence-corrected chi connectivity index (χ2v) is 4.60. The van der Waals surface area contributed by atoms with Crippen LogP contribution in [0, 0.1) is 0 Å². The van der Waals surface area contributed by atoms with E-state index in [0.29, 0.717) is 6.61 Å². The Hall–Kier alpha value is -0.110. The molecule has 0 aliphatic carbocycles. The molecule has 0 saturated heterocycles. The van der Waals surface area contributed by atoms with Crippen molar-refractivity contribution in [3.8, 4) is 0 Å². The minimum absolute atomic E-state index is 0.278. The third-order valence-electron chi connectivity index (χ3n) is 1.25. The van der Waals surface area contributed by atoms with Crippen LogP contribution in [0.1, 0.15) is 19.8 Å². The molecule has 0 aromatic carbocycles. The van der Waals surface area contributed by atoms with E-state index < -0.39 is 7.60 Å². The summed E-state index contributed by atoms with van der Waals surface area (Å²) in [7, 11) is -2.81. The van der Waals surface area contributed by atoms with Gasteiger partial charge in [-0.1, -0.05) is 19.4 Å². The van der Waals surface area contributed by atoms with E-state index in [9.17, 15) is 4.57 Å². The highest BCUT2D eigenvalue weighted by Crippen LogP contribution is 2.43. The summed E-state index contributed by atoms with van der Waals surface area (Å²) >= 11 is 0. The third kappa shape index (κ3) is 6.59. The lowest BCUT2D eigenvalue weighted by Crippen LogP contribution is -1.96. The van der Waals surface area contributed by atoms with E-state index in [-0.39, 0.29) is 6.61 Å². The molecule has 12 heavy (non-hydrogen) atoms. The lowest BCUT2D eigenvalue weighted by molar-refractivity contribution is 0.221. The van der Waals surface area contributed by atoms with Gasteiger partial charge in [0.1, 0.15) is 0 Å². The number of rotatable bonds is 7. The van der Waals surface area contributed by atoms with Gasteiger partial charge in [-0.15, -0.1) is 6.58 Å². The topological polar surface area (TPSA) is 35.5 Å². The molecule has 0 radical (unpaired) electrons. The van der Waals surface area contributed by atoms with Gasteiger partial charge in [0, 0.05) is 6.66 Å². The Morgan fingerprint density at radius 3 is 2.67 bits per heavy atom. The largest absolute Gasteiger partial charge is 0.327 e. The van der Waals surface area contributed by atoms with E-state index in [1.165, 1.54) is 6.66 Å². The van der Waals surface area contributed by atoms with Crippen LogP contribution in [0.2, 0.25) is 0 Å². The fourth-order valence-electron chi connectivity index (χ4n) is 0.600. The Morgan fingerprint density at radius 2 is 2.17 bits per heavy atom. The van der Waals surface area contributed by atoms with E-state index >= 15 is 0 Å². The molecule has 0 bridgehead atoms. The summed E-state index contributed by atoms with van der Waals surface area (Å²) in [5, 5.41) is 0. The predicted octanol–water partition coefficient (Wildman–Crippen LogP) is 2.83. The maximum absolute atomic E-state index is 11.4. The molecule has 1 atom stereocenters. The summed E-state index contributed by atoms with van der Waals surface area (Å²) in [6.45, 7) is 7.77. The molecule has 0 rings (SSSR count). The molecule has 72 valence electrons. The molecule has 4 heteroatoms. The first-order valence-electron chi connectivity index (χ1n) is 4.10. The number of hydrogen-bond donors (Lipinski definition) is 0. The zero-order valence-electron chi connectivity index (χ0n) is 7.78. The van der Waals surface area contributed by atoms with Crippen LogP contribution in [-0.2, 0) is 13.6 Å². The third-order valence-corrected chi connectivity index (χ3v) is 2.52. The Bertz CT molecular complexity index is 168. The van der Waals surface area contributed by atoms with Crippen LogP contribution in [0.3, 0.4) is 0 Å². The van der Waals surface area contributed by atoms with Gasteiger partial charge in [0.25, 0.3) is 0 Å². The Kier molecular flexibility index (Phi) is 6.35. The van der Waals surface area contributed by atoms with E-state index in [2.05, 4.69) is 13.5 Å². The molecule has 0 aromatic heterocycles. The molecule has 0 amide bonds. The molecule has 0 spiro atoms. The van der Waals surface area contributed by atoms with Crippen LogP contribution in [0.25, 0.3) is 0 Å². The average molecular weight is 192 g/mol. The van der Waals surface area contributed by atoms with Gasteiger partial charge >= 0.3 is 7.60 Å². The van der Waals surface area contributed by atoms with Crippen LogP contribution < -0.4 is 0 Å². The highest BCUT2D eigenvalue weighted by atomic mass is 31.2. The number of unbranched alkanes of at least 4 members (excludes halogenated alkanes) is 1. The summed E-state index contributed by atoms with van der Waals surface area (Å²) < 4.78 is 21.4. The van der Waals surface area contributed by atoms with Gasteiger partial charge in [0.15, 0.2) is 0 Å². The fraction of sp³-hybridized carbons (Fsp3) is 0.750. The second-order valence-electron chi connectivity index (χ2n) is 2.54. The summed E-state index contributed by atoms with van der Waals surface area (Å²) in [5.74, 6) is 0. The molecule has 0 aromatic rings. The molecule has 1 unspecified atom stereocenters. The molecular weight excluding hydrogens is 175 g/mol. The zero-order chi connectivity index (χ0) is 9.45. The first-order valence-corrected chi connectivity index (χ1v) is 6.09. The van der Waals surface area contributed by atoms with Crippen molar-refractivity contribution in [1.29, 1.82) is 0 Å². The maximum Gasteiger partial charge on any atom is 0.327 e. The van der Waals surface area contributed by atoms with E-state index in [1.54, 1.807) is 6.08 Å². The lowest BCUT2D eigenvalue weighted by Gasteiger charge is -2.12. The van der Waals surface area contributed by atoms with Crippen molar-refractivity contribution in [3.05, 3.63) is 12.7 Å². The van der Waals surface area contributed by atoms with Crippen molar-refractivity contribution in [3.63, 3.8) is 0 Å². The maximum atomic E-state index is 11.4. The second kappa shape index (κ2) is 6.41. The highest BCUT2D eigenvalue weighted by molar-refractivity contribution is 7.52. The first-order chi connectivity index (χ1) is 5.62. The molecule has 0 N–H and O–H groups in total. The van der Waals surface area contributed by atoms with Crippen LogP contribution in [0.4, 0.5) is 0 Å². The monoisotopic (exact) mass is 192 g/mol. The predicted molar refractivity (Wildman–Crippen MR) is 50.5 cm³/mol. The molecule has 3 nitrogen and oxygen atoms in total. The summed E-state index contributed by atoms with van der Waals surface area (Å²) in [4.78, 5) is 0. The normalized spacial score (nSPS) is 15.5. The van der Waals surface area contributed by atoms with Gasteiger partial charge in [0.2, 0.25) is 0 Å². The van der Waals surface area contributed by atoms with Crippen LogP contribution in [0.15, 0.2) is 12.7 Å². The molecule has 0 aliphatic rings. The van der Waals surface area contributed by atoms with E-state index in [0.717, 1.165) is 12.8 Å². The van der Waals surface area contributed by atoms with Crippen molar-refractivity contribution >= 4 is 7.60 Å². The molecule has 0 heterocycles. The SMILES string of the molecule is C=CCOP(C)(=O)OCCCC. The van der Waals surface area contributed by atoms with E-state index in [1.807, 2.05) is 0 Å². The van der Waals surface area contributed by atoms with Crippen LogP contribution in [0.5, 0.6) is 0 Å². The van der Waals surface area contributed by atoms with Crippen molar-refractivity contribution in [2.75, 3.05) is 19.9 Å². The standard InChI is InChI=1S/C8H17O3P/c1-4-6-8-11-12(3,9)10-7-5-2/h5H,2,4,6-8H2,1,3H3.